The average molecular weight is 548 g/mol. The number of carbonyl (C=O) groups excluding carboxylic acids is 1. The number of rotatable bonds is 14. The van der Waals surface area contributed by atoms with Crippen molar-refractivity contribution in [1.29, 1.82) is 0 Å². The second-order valence-corrected chi connectivity index (χ2v) is 11.1. The van der Waals surface area contributed by atoms with Gasteiger partial charge >= 0.3 is 12.0 Å². The summed E-state index contributed by atoms with van der Waals surface area (Å²) in [6.45, 7) is 4.73. The van der Waals surface area contributed by atoms with Crippen LogP contribution in [0, 0.1) is 0 Å². The highest BCUT2D eigenvalue weighted by atomic mass is 32.2. The Morgan fingerprint density at radius 3 is 2.15 bits per heavy atom. The molecule has 6 nitrogen and oxygen atoms in total. The van der Waals surface area contributed by atoms with Crippen LogP contribution in [0.25, 0.3) is 0 Å². The molecule has 1 atom stereocenters. The Labute approximate surface area is 237 Å². The number of benzene rings is 3. The van der Waals surface area contributed by atoms with Gasteiger partial charge in [0.1, 0.15) is 0 Å². The molecule has 3 aromatic rings. The van der Waals surface area contributed by atoms with Gasteiger partial charge in [0.25, 0.3) is 0 Å². The van der Waals surface area contributed by atoms with Crippen LogP contribution in [0.4, 0.5) is 21.9 Å². The molecule has 1 unspecified atom stereocenters. The first-order chi connectivity index (χ1) is 18.8. The van der Waals surface area contributed by atoms with Crippen LogP contribution in [0.1, 0.15) is 63.9 Å². The van der Waals surface area contributed by atoms with Gasteiger partial charge < -0.3 is 15.3 Å². The van der Waals surface area contributed by atoms with E-state index in [9.17, 15) is 14.7 Å². The Kier molecular flexibility index (Phi) is 11.7. The van der Waals surface area contributed by atoms with Crippen LogP contribution in [0.3, 0.4) is 0 Å². The Morgan fingerprint density at radius 2 is 1.54 bits per heavy atom. The molecular formula is C32H41N3O3S. The first-order valence-electron chi connectivity index (χ1n) is 13.8. The Morgan fingerprint density at radius 1 is 0.846 bits per heavy atom. The van der Waals surface area contributed by atoms with Gasteiger partial charge in [-0.15, -0.1) is 0 Å². The van der Waals surface area contributed by atoms with Crippen molar-refractivity contribution in [3.8, 4) is 0 Å². The molecule has 0 heterocycles. The van der Waals surface area contributed by atoms with Crippen LogP contribution < -0.4 is 15.1 Å². The number of nitrogens with one attached hydrogen (secondary N) is 1. The van der Waals surface area contributed by atoms with Crippen LogP contribution in [0.2, 0.25) is 0 Å². The molecule has 0 saturated carbocycles. The minimum atomic E-state index is -0.799. The zero-order valence-corrected chi connectivity index (χ0v) is 24.3. The largest absolute Gasteiger partial charge is 0.481 e. The van der Waals surface area contributed by atoms with Gasteiger partial charge in [0.05, 0.1) is 5.92 Å². The lowest BCUT2D eigenvalue weighted by Gasteiger charge is -2.24. The Bertz CT molecular complexity index is 1200. The van der Waals surface area contributed by atoms with Crippen molar-refractivity contribution in [2.24, 2.45) is 0 Å². The second-order valence-electron chi connectivity index (χ2n) is 9.90. The number of aliphatic carboxylic acids is 1. The number of carboxylic acids is 1. The molecule has 0 aromatic heterocycles. The molecule has 0 aliphatic rings. The van der Waals surface area contributed by atoms with Gasteiger partial charge in [-0.2, -0.15) is 0 Å². The van der Waals surface area contributed by atoms with Gasteiger partial charge in [-0.3, -0.25) is 9.69 Å². The number of hydrogen-bond acceptors (Lipinski definition) is 4. The summed E-state index contributed by atoms with van der Waals surface area (Å²) in [6, 6.07) is 23.5. The minimum Gasteiger partial charge on any atom is -0.481 e. The van der Waals surface area contributed by atoms with Crippen molar-refractivity contribution >= 4 is 40.8 Å². The summed E-state index contributed by atoms with van der Waals surface area (Å²) in [5, 5.41) is 12.5. The summed E-state index contributed by atoms with van der Waals surface area (Å²) >= 11 is 1.60. The fourth-order valence-electron chi connectivity index (χ4n) is 4.43. The molecule has 3 rings (SSSR count). The second kappa shape index (κ2) is 15.2. The maximum absolute atomic E-state index is 13.5. The third kappa shape index (κ3) is 9.06. The highest BCUT2D eigenvalue weighted by Gasteiger charge is 2.18. The highest BCUT2D eigenvalue weighted by molar-refractivity contribution is 7.99. The van der Waals surface area contributed by atoms with Gasteiger partial charge in [0, 0.05) is 47.5 Å². The fraction of sp³-hybridized carbons (Fsp3) is 0.375. The third-order valence-corrected chi connectivity index (χ3v) is 7.72. The summed E-state index contributed by atoms with van der Waals surface area (Å²) < 4.78 is 0. The molecule has 39 heavy (non-hydrogen) atoms. The molecular weight excluding hydrogens is 506 g/mol. The fourth-order valence-corrected chi connectivity index (χ4v) is 5.30. The smallest absolute Gasteiger partial charge is 0.326 e. The number of carbonyl (C=O) groups is 2. The topological polar surface area (TPSA) is 72.9 Å². The predicted octanol–water partition coefficient (Wildman–Crippen LogP) is 8.49. The lowest BCUT2D eigenvalue weighted by molar-refractivity contribution is -0.138. The number of hydrogen-bond donors (Lipinski definition) is 2. The van der Waals surface area contributed by atoms with Crippen LogP contribution >= 0.6 is 11.8 Å². The molecule has 2 amide bonds. The van der Waals surface area contributed by atoms with Crippen molar-refractivity contribution in [3.63, 3.8) is 0 Å². The van der Waals surface area contributed by atoms with Crippen LogP contribution in [0.5, 0.6) is 0 Å². The van der Waals surface area contributed by atoms with Crippen molar-refractivity contribution in [3.05, 3.63) is 78.4 Å². The summed E-state index contributed by atoms with van der Waals surface area (Å²) in [5.41, 5.74) is 3.50. The molecule has 0 aliphatic carbocycles. The van der Waals surface area contributed by atoms with E-state index < -0.39 is 11.9 Å². The van der Waals surface area contributed by atoms with E-state index in [1.54, 1.807) is 11.8 Å². The van der Waals surface area contributed by atoms with E-state index in [1.807, 2.05) is 104 Å². The van der Waals surface area contributed by atoms with E-state index in [-0.39, 0.29) is 6.03 Å². The molecule has 208 valence electrons. The van der Waals surface area contributed by atoms with Crippen molar-refractivity contribution in [1.82, 2.24) is 0 Å². The normalized spacial score (nSPS) is 11.6. The number of amides is 2. The zero-order chi connectivity index (χ0) is 28.2. The summed E-state index contributed by atoms with van der Waals surface area (Å²) in [7, 11) is 3.98. The molecule has 0 bridgehead atoms. The molecule has 0 aliphatic heterocycles. The number of carboxylic acid groups (broad SMARTS) is 1. The number of nitrogens with zero attached hydrogens (tertiary/aromatic N) is 2. The van der Waals surface area contributed by atoms with Crippen LogP contribution in [0.15, 0.2) is 82.6 Å². The molecule has 0 fully saturated rings. The molecule has 0 radical (unpaired) electrons. The maximum Gasteiger partial charge on any atom is 0.326 e. The Balaban J connectivity index is 1.76. The monoisotopic (exact) mass is 547 g/mol. The van der Waals surface area contributed by atoms with E-state index in [2.05, 4.69) is 12.2 Å². The van der Waals surface area contributed by atoms with Gasteiger partial charge in [0.15, 0.2) is 0 Å². The SMILES string of the molecule is CCCCCCCN(C(=O)Nc1ccc(N(C)C)cc1)c1cccc(Sc2ccc(C(CC)C(=O)O)cc2)c1. The molecule has 2 N–H and O–H groups in total. The van der Waals surface area contributed by atoms with E-state index in [0.29, 0.717) is 13.0 Å². The third-order valence-electron chi connectivity index (χ3n) is 6.72. The molecule has 0 spiro atoms. The maximum atomic E-state index is 13.5. The standard InChI is InChI=1S/C32H41N3O3S/c1-5-7-8-9-10-22-35(32(38)33-25-16-18-26(19-17-25)34(3)4)27-12-11-13-29(23-27)39-28-20-14-24(15-21-28)30(6-2)31(36)37/h11-21,23,30H,5-10,22H2,1-4H3,(H,33,38)(H,36,37). The van der Waals surface area contributed by atoms with Crippen molar-refractivity contribution in [2.75, 3.05) is 35.8 Å². The summed E-state index contributed by atoms with van der Waals surface area (Å²) in [5.74, 6) is -1.29. The first-order valence-corrected chi connectivity index (χ1v) is 14.6. The van der Waals surface area contributed by atoms with Crippen LogP contribution in [-0.2, 0) is 4.79 Å². The van der Waals surface area contributed by atoms with Gasteiger partial charge in [-0.05, 0) is 73.0 Å². The van der Waals surface area contributed by atoms with E-state index in [0.717, 1.165) is 45.3 Å². The number of urea groups is 1. The van der Waals surface area contributed by atoms with E-state index in [4.69, 9.17) is 0 Å². The predicted molar refractivity (Wildman–Crippen MR) is 164 cm³/mol. The first kappa shape index (κ1) is 30.1. The summed E-state index contributed by atoms with van der Waals surface area (Å²) in [6.07, 6.45) is 6.15. The molecule has 7 heteroatoms. The Hall–Kier alpha value is -3.45. The zero-order valence-electron chi connectivity index (χ0n) is 23.5. The quantitative estimate of drug-likeness (QED) is 0.198. The van der Waals surface area contributed by atoms with Crippen molar-refractivity contribution in [2.45, 2.75) is 68.1 Å². The number of anilines is 3. The van der Waals surface area contributed by atoms with Gasteiger partial charge in [-0.1, -0.05) is 69.5 Å². The van der Waals surface area contributed by atoms with E-state index >= 15 is 0 Å². The number of unbranched alkanes of at least 4 members (excludes halogenated alkanes) is 4. The lowest BCUT2D eigenvalue weighted by atomic mass is 9.97. The van der Waals surface area contributed by atoms with Crippen LogP contribution in [-0.4, -0.2) is 37.7 Å². The van der Waals surface area contributed by atoms with Gasteiger partial charge in [-0.25, -0.2) is 4.79 Å². The summed E-state index contributed by atoms with van der Waals surface area (Å²) in [4.78, 5) is 30.9. The van der Waals surface area contributed by atoms with Gasteiger partial charge in [0.2, 0.25) is 0 Å². The molecule has 0 saturated heterocycles. The van der Waals surface area contributed by atoms with Crippen molar-refractivity contribution < 1.29 is 14.7 Å². The highest BCUT2D eigenvalue weighted by Crippen LogP contribution is 2.32. The average Bonchev–Trinajstić information content (AvgIpc) is 2.92. The molecule has 3 aromatic carbocycles. The minimum absolute atomic E-state index is 0.145. The van der Waals surface area contributed by atoms with E-state index in [1.165, 1.54) is 19.3 Å². The lowest BCUT2D eigenvalue weighted by Crippen LogP contribution is -2.35.